The van der Waals surface area contributed by atoms with E-state index in [1.54, 1.807) is 0 Å². The van der Waals surface area contributed by atoms with Crippen molar-refractivity contribution in [3.63, 3.8) is 0 Å². The molecule has 5 N–H and O–H groups in total. The molecule has 0 aromatic carbocycles. The van der Waals surface area contributed by atoms with Crippen molar-refractivity contribution >= 4 is 17.8 Å². The second-order valence-electron chi connectivity index (χ2n) is 7.75. The van der Waals surface area contributed by atoms with Gasteiger partial charge in [-0.3, -0.25) is 9.59 Å². The molecule has 0 bridgehead atoms. The maximum atomic E-state index is 12.9. The average molecular weight is 384 g/mol. The highest BCUT2D eigenvalue weighted by atomic mass is 16.4. The van der Waals surface area contributed by atoms with E-state index in [4.69, 9.17) is 8.48 Å². The molecule has 2 aliphatic carbocycles. The molecule has 7 heteroatoms. The minimum Gasteiger partial charge on any atom is -0.480 e. The van der Waals surface area contributed by atoms with Crippen molar-refractivity contribution < 1.29 is 22.2 Å². The minimum atomic E-state index is -1.19. The SMILES string of the molecule is [2H]C1(C[C@H](NC(=O)[C@H](CC2([2H])CCCCC2)NC(=O)CN)C(=O)O)CCCCC1. The second kappa shape index (κ2) is 11.3. The molecule has 0 heterocycles. The Morgan fingerprint density at radius 1 is 0.889 bits per heavy atom. The predicted octanol–water partition coefficient (Wildman–Crippen LogP) is 1.94. The Morgan fingerprint density at radius 2 is 1.37 bits per heavy atom. The summed E-state index contributed by atoms with van der Waals surface area (Å²) in [5.74, 6) is -3.99. The van der Waals surface area contributed by atoms with Gasteiger partial charge >= 0.3 is 5.97 Å². The molecule has 0 aromatic rings. The fraction of sp³-hybridized carbons (Fsp3) is 0.850. The molecule has 2 fully saturated rings. The number of nitrogens with two attached hydrogens (primary N) is 1. The summed E-state index contributed by atoms with van der Waals surface area (Å²) in [6.07, 6.45) is 8.39. The number of carbonyl (C=O) groups excluding carboxylic acids is 2. The molecule has 0 unspecified atom stereocenters. The molecule has 0 aromatic heterocycles. The van der Waals surface area contributed by atoms with Crippen LogP contribution in [-0.2, 0) is 14.4 Å². The van der Waals surface area contributed by atoms with Crippen LogP contribution < -0.4 is 16.4 Å². The maximum absolute atomic E-state index is 12.9. The lowest BCUT2D eigenvalue weighted by Crippen LogP contribution is -2.53. The summed E-state index contributed by atoms with van der Waals surface area (Å²) >= 11 is 0. The number of aliphatic carboxylic acids is 1. The zero-order valence-electron chi connectivity index (χ0n) is 18.1. The third kappa shape index (κ3) is 7.48. The molecule has 2 aliphatic rings. The summed E-state index contributed by atoms with van der Waals surface area (Å²) in [5, 5.41) is 14.7. The van der Waals surface area contributed by atoms with Crippen LogP contribution >= 0.6 is 0 Å². The molecule has 0 radical (unpaired) electrons. The van der Waals surface area contributed by atoms with Crippen molar-refractivity contribution in [2.75, 3.05) is 6.54 Å². The van der Waals surface area contributed by atoms with Crippen LogP contribution in [0.4, 0.5) is 0 Å². The fourth-order valence-electron chi connectivity index (χ4n) is 4.02. The normalized spacial score (nSPS) is 24.6. The van der Waals surface area contributed by atoms with Gasteiger partial charge in [0.25, 0.3) is 0 Å². The largest absolute Gasteiger partial charge is 0.480 e. The highest BCUT2D eigenvalue weighted by Gasteiger charge is 2.30. The van der Waals surface area contributed by atoms with Gasteiger partial charge in [-0.15, -0.1) is 0 Å². The number of hydrogen-bond acceptors (Lipinski definition) is 4. The molecule has 2 amide bonds. The number of carboxylic acid groups (broad SMARTS) is 1. The Labute approximate surface area is 164 Å². The lowest BCUT2D eigenvalue weighted by Gasteiger charge is -2.29. The van der Waals surface area contributed by atoms with E-state index in [0.717, 1.165) is 38.5 Å². The Hall–Kier alpha value is -1.63. The Balaban J connectivity index is 2.08. The predicted molar refractivity (Wildman–Crippen MR) is 103 cm³/mol. The van der Waals surface area contributed by atoms with E-state index in [-0.39, 0.29) is 19.4 Å². The van der Waals surface area contributed by atoms with Crippen LogP contribution in [0.5, 0.6) is 0 Å². The quantitative estimate of drug-likeness (QED) is 0.485. The standard InChI is InChI=1S/C20H35N3O4/c21-13-18(24)22-16(11-14-7-3-1-4-8-14)19(25)23-17(20(26)27)12-15-9-5-2-6-10-15/h14-17H,1-13,21H2,(H,22,24)(H,23,25)(H,26,27)/t16-,17-/m0/s1/i14D,15D. The van der Waals surface area contributed by atoms with Gasteiger partial charge in [-0.25, -0.2) is 4.79 Å². The van der Waals surface area contributed by atoms with Gasteiger partial charge in [-0.1, -0.05) is 64.2 Å². The number of rotatable bonds is 9. The first-order chi connectivity index (χ1) is 13.7. The number of carboxylic acids is 1. The first kappa shape index (κ1) is 18.7. The summed E-state index contributed by atoms with van der Waals surface area (Å²) < 4.78 is 17.2. The van der Waals surface area contributed by atoms with Crippen molar-refractivity contribution in [3.8, 4) is 0 Å². The van der Waals surface area contributed by atoms with Gasteiger partial charge in [0.2, 0.25) is 11.8 Å². The number of carbonyl (C=O) groups is 3. The third-order valence-corrected chi connectivity index (χ3v) is 5.56. The number of amides is 2. The first-order valence-corrected chi connectivity index (χ1v) is 10.2. The average Bonchev–Trinajstić information content (AvgIpc) is 2.67. The Kier molecular flexibility index (Phi) is 7.81. The van der Waals surface area contributed by atoms with Gasteiger partial charge in [0.1, 0.15) is 12.1 Å². The van der Waals surface area contributed by atoms with Gasteiger partial charge in [-0.05, 0) is 24.6 Å². The summed E-state index contributed by atoms with van der Waals surface area (Å²) in [4.78, 5) is 36.5. The minimum absolute atomic E-state index is 0.0393. The molecule has 2 rings (SSSR count). The van der Waals surface area contributed by atoms with Crippen LogP contribution in [-0.4, -0.2) is 41.5 Å². The second-order valence-corrected chi connectivity index (χ2v) is 7.75. The molecule has 2 saturated carbocycles. The first-order valence-electron chi connectivity index (χ1n) is 11.2. The lowest BCUT2D eigenvalue weighted by atomic mass is 9.84. The molecular weight excluding hydrogens is 346 g/mol. The van der Waals surface area contributed by atoms with Crippen LogP contribution in [0.25, 0.3) is 0 Å². The molecule has 7 nitrogen and oxygen atoms in total. The van der Waals surface area contributed by atoms with Gasteiger partial charge in [0.15, 0.2) is 0 Å². The summed E-state index contributed by atoms with van der Waals surface area (Å²) in [6, 6.07) is -2.19. The molecule has 0 aliphatic heterocycles. The molecule has 0 saturated heterocycles. The summed E-state index contributed by atoms with van der Waals surface area (Å²) in [7, 11) is 0. The highest BCUT2D eigenvalue weighted by Crippen LogP contribution is 2.29. The summed E-state index contributed by atoms with van der Waals surface area (Å²) in [6.45, 7) is -0.285. The Bertz CT molecular complexity index is 590. The van der Waals surface area contributed by atoms with E-state index >= 15 is 0 Å². The topological polar surface area (TPSA) is 122 Å². The van der Waals surface area contributed by atoms with Crippen molar-refractivity contribution in [2.45, 2.75) is 89.1 Å². The van der Waals surface area contributed by atoms with Crippen LogP contribution in [0.3, 0.4) is 0 Å². The van der Waals surface area contributed by atoms with Gasteiger partial charge in [0, 0.05) is 2.74 Å². The van der Waals surface area contributed by atoms with Gasteiger partial charge in [-0.2, -0.15) is 0 Å². The van der Waals surface area contributed by atoms with Crippen molar-refractivity contribution in [2.24, 2.45) is 17.5 Å². The van der Waals surface area contributed by atoms with Crippen molar-refractivity contribution in [1.82, 2.24) is 10.6 Å². The number of hydrogen-bond donors (Lipinski definition) is 4. The van der Waals surface area contributed by atoms with Crippen LogP contribution in [0.15, 0.2) is 0 Å². The smallest absolute Gasteiger partial charge is 0.326 e. The Morgan fingerprint density at radius 3 is 1.81 bits per heavy atom. The molecule has 0 spiro atoms. The monoisotopic (exact) mass is 383 g/mol. The lowest BCUT2D eigenvalue weighted by molar-refractivity contribution is -0.143. The fourth-order valence-corrected chi connectivity index (χ4v) is 4.02. The van der Waals surface area contributed by atoms with Crippen LogP contribution in [0, 0.1) is 11.8 Å². The highest BCUT2D eigenvalue weighted by molar-refractivity contribution is 5.90. The van der Waals surface area contributed by atoms with Crippen LogP contribution in [0.2, 0.25) is 0 Å². The molecule has 2 atom stereocenters. The van der Waals surface area contributed by atoms with Gasteiger partial charge in [0.05, 0.1) is 6.54 Å². The molecule has 27 heavy (non-hydrogen) atoms. The van der Waals surface area contributed by atoms with E-state index in [1.807, 2.05) is 0 Å². The van der Waals surface area contributed by atoms with E-state index in [1.165, 1.54) is 0 Å². The van der Waals surface area contributed by atoms with E-state index < -0.39 is 41.7 Å². The number of nitrogens with one attached hydrogen (secondary N) is 2. The van der Waals surface area contributed by atoms with Crippen molar-refractivity contribution in [1.29, 1.82) is 0 Å². The van der Waals surface area contributed by atoms with E-state index in [2.05, 4.69) is 10.6 Å². The summed E-state index contributed by atoms with van der Waals surface area (Å²) in [5.41, 5.74) is 5.37. The zero-order valence-corrected chi connectivity index (χ0v) is 16.1. The molecule has 154 valence electrons. The van der Waals surface area contributed by atoms with E-state index in [0.29, 0.717) is 25.7 Å². The maximum Gasteiger partial charge on any atom is 0.326 e. The third-order valence-electron chi connectivity index (χ3n) is 5.56. The van der Waals surface area contributed by atoms with Crippen LogP contribution in [0.1, 0.15) is 79.8 Å². The van der Waals surface area contributed by atoms with Crippen molar-refractivity contribution in [3.05, 3.63) is 0 Å². The zero-order chi connectivity index (χ0) is 21.5. The van der Waals surface area contributed by atoms with E-state index in [9.17, 15) is 19.5 Å². The molecular formula is C20H35N3O4. The van der Waals surface area contributed by atoms with Gasteiger partial charge < -0.3 is 21.5 Å².